The van der Waals surface area contributed by atoms with Crippen LogP contribution in [0.5, 0.6) is 5.75 Å². The highest BCUT2D eigenvalue weighted by Crippen LogP contribution is 2.25. The van der Waals surface area contributed by atoms with Crippen molar-refractivity contribution in [1.29, 1.82) is 0 Å². The number of likely N-dealkylation sites (N-methyl/N-ethyl adjacent to an activating group) is 1. The molecule has 2 aromatic rings. The van der Waals surface area contributed by atoms with Crippen molar-refractivity contribution in [3.05, 3.63) is 53.8 Å². The number of carbonyl (C=O) groups excluding carboxylic acids is 1. The fourth-order valence-corrected chi connectivity index (χ4v) is 4.42. The third kappa shape index (κ3) is 4.92. The van der Waals surface area contributed by atoms with Gasteiger partial charge in [0.25, 0.3) is 5.91 Å². The van der Waals surface area contributed by atoms with E-state index in [2.05, 4.69) is 0 Å². The third-order valence-electron chi connectivity index (χ3n) is 4.69. The Balaban J connectivity index is 1.66. The van der Waals surface area contributed by atoms with E-state index < -0.39 is 10.0 Å². The zero-order valence-electron chi connectivity index (χ0n) is 16.3. The van der Waals surface area contributed by atoms with E-state index in [0.29, 0.717) is 43.3 Å². The molecule has 9 heteroatoms. The van der Waals surface area contributed by atoms with E-state index in [-0.39, 0.29) is 23.2 Å². The van der Waals surface area contributed by atoms with Crippen molar-refractivity contribution in [1.82, 2.24) is 4.31 Å². The maximum Gasteiger partial charge on any atom is 0.264 e. The summed E-state index contributed by atoms with van der Waals surface area (Å²) in [5, 5.41) is 0. The van der Waals surface area contributed by atoms with Gasteiger partial charge in [0.05, 0.1) is 18.1 Å². The molecular formula is C20H23FN2O5S. The molecule has 1 aliphatic heterocycles. The van der Waals surface area contributed by atoms with Crippen LogP contribution < -0.4 is 9.64 Å². The number of sulfonamides is 1. The molecule has 3 rings (SSSR count). The highest BCUT2D eigenvalue weighted by atomic mass is 32.2. The minimum Gasteiger partial charge on any atom is -0.483 e. The molecule has 0 aromatic heterocycles. The van der Waals surface area contributed by atoms with Crippen LogP contribution in [0, 0.1) is 12.7 Å². The number of halogens is 1. The van der Waals surface area contributed by atoms with Gasteiger partial charge >= 0.3 is 0 Å². The van der Waals surface area contributed by atoms with Gasteiger partial charge in [0, 0.05) is 25.8 Å². The molecule has 0 spiro atoms. The molecule has 2 aromatic carbocycles. The molecule has 1 fully saturated rings. The highest BCUT2D eigenvalue weighted by molar-refractivity contribution is 7.89. The molecule has 1 heterocycles. The number of amides is 1. The van der Waals surface area contributed by atoms with Gasteiger partial charge in [-0.15, -0.1) is 0 Å². The summed E-state index contributed by atoms with van der Waals surface area (Å²) < 4.78 is 50.7. The molecule has 0 aliphatic carbocycles. The Bertz CT molecular complexity index is 973. The Morgan fingerprint density at radius 3 is 2.45 bits per heavy atom. The van der Waals surface area contributed by atoms with Gasteiger partial charge in [-0.1, -0.05) is 0 Å². The SMILES string of the molecule is Cc1cc(S(=O)(=O)N2CCOCC2)ccc1OCC(=O)N(C)c1ccc(F)cc1. The van der Waals surface area contributed by atoms with Gasteiger partial charge in [-0.2, -0.15) is 4.31 Å². The molecule has 0 unspecified atom stereocenters. The van der Waals surface area contributed by atoms with E-state index in [1.165, 1.54) is 45.6 Å². The van der Waals surface area contributed by atoms with Gasteiger partial charge in [-0.05, 0) is 55.0 Å². The van der Waals surface area contributed by atoms with E-state index in [9.17, 15) is 17.6 Å². The van der Waals surface area contributed by atoms with Crippen molar-refractivity contribution >= 4 is 21.6 Å². The Morgan fingerprint density at radius 2 is 1.83 bits per heavy atom. The lowest BCUT2D eigenvalue weighted by Gasteiger charge is -2.26. The Hall–Kier alpha value is -2.49. The number of aryl methyl sites for hydroxylation is 1. The van der Waals surface area contributed by atoms with Crippen molar-refractivity contribution in [2.24, 2.45) is 0 Å². The van der Waals surface area contributed by atoms with Crippen molar-refractivity contribution in [3.63, 3.8) is 0 Å². The predicted molar refractivity (Wildman–Crippen MR) is 106 cm³/mol. The summed E-state index contributed by atoms with van der Waals surface area (Å²) in [6, 6.07) is 10.1. The first-order valence-corrected chi connectivity index (χ1v) is 10.6. The van der Waals surface area contributed by atoms with Crippen LogP contribution in [0.1, 0.15) is 5.56 Å². The fourth-order valence-electron chi connectivity index (χ4n) is 2.93. The summed E-state index contributed by atoms with van der Waals surface area (Å²) in [4.78, 5) is 13.9. The zero-order valence-corrected chi connectivity index (χ0v) is 17.1. The van der Waals surface area contributed by atoms with E-state index in [0.717, 1.165) is 0 Å². The number of hydrogen-bond acceptors (Lipinski definition) is 5. The van der Waals surface area contributed by atoms with Gasteiger partial charge in [0.1, 0.15) is 11.6 Å². The number of anilines is 1. The lowest BCUT2D eigenvalue weighted by molar-refractivity contribution is -0.120. The van der Waals surface area contributed by atoms with Gasteiger partial charge in [-0.3, -0.25) is 4.79 Å². The standard InChI is InChI=1S/C20H23FN2O5S/c1-15-13-18(29(25,26)23-9-11-27-12-10-23)7-8-19(15)28-14-20(24)22(2)17-5-3-16(21)4-6-17/h3-8,13H,9-12,14H2,1-2H3. The topological polar surface area (TPSA) is 76.1 Å². The van der Waals surface area contributed by atoms with Gasteiger partial charge in [0.15, 0.2) is 6.61 Å². The Labute approximate surface area is 169 Å². The Kier molecular flexibility index (Phi) is 6.51. The van der Waals surface area contributed by atoms with Crippen LogP contribution in [0.3, 0.4) is 0 Å². The minimum atomic E-state index is -3.59. The first-order valence-electron chi connectivity index (χ1n) is 9.12. The number of ether oxygens (including phenoxy) is 2. The van der Waals surface area contributed by atoms with Crippen molar-refractivity contribution < 1.29 is 27.1 Å². The number of morpholine rings is 1. The molecule has 1 amide bonds. The lowest BCUT2D eigenvalue weighted by Crippen LogP contribution is -2.40. The number of rotatable bonds is 6. The van der Waals surface area contributed by atoms with Crippen LogP contribution in [0.4, 0.5) is 10.1 Å². The summed E-state index contributed by atoms with van der Waals surface area (Å²) in [7, 11) is -2.02. The molecule has 1 saturated heterocycles. The second kappa shape index (κ2) is 8.89. The monoisotopic (exact) mass is 422 g/mol. The molecular weight excluding hydrogens is 399 g/mol. The molecule has 156 valence electrons. The van der Waals surface area contributed by atoms with Crippen LogP contribution >= 0.6 is 0 Å². The molecule has 0 N–H and O–H groups in total. The van der Waals surface area contributed by atoms with Gasteiger partial charge < -0.3 is 14.4 Å². The van der Waals surface area contributed by atoms with E-state index >= 15 is 0 Å². The average molecular weight is 422 g/mol. The molecule has 1 aliphatic rings. The minimum absolute atomic E-state index is 0.180. The summed E-state index contributed by atoms with van der Waals surface area (Å²) in [5.74, 6) is -0.276. The normalized spacial score (nSPS) is 15.1. The van der Waals surface area contributed by atoms with Gasteiger partial charge in [-0.25, -0.2) is 12.8 Å². The average Bonchev–Trinajstić information content (AvgIpc) is 2.73. The molecule has 0 bridgehead atoms. The summed E-state index contributed by atoms with van der Waals surface area (Å²) in [6.07, 6.45) is 0. The largest absolute Gasteiger partial charge is 0.483 e. The maximum atomic E-state index is 13.0. The first kappa shape index (κ1) is 21.2. The number of benzene rings is 2. The second-order valence-corrected chi connectivity index (χ2v) is 8.60. The molecule has 0 radical (unpaired) electrons. The molecule has 0 saturated carbocycles. The quantitative estimate of drug-likeness (QED) is 0.713. The van der Waals surface area contributed by atoms with E-state index in [1.807, 2.05) is 0 Å². The van der Waals surface area contributed by atoms with Crippen LogP contribution in [-0.2, 0) is 19.6 Å². The molecule has 0 atom stereocenters. The summed E-state index contributed by atoms with van der Waals surface area (Å²) in [5.41, 5.74) is 1.15. The Morgan fingerprint density at radius 1 is 1.17 bits per heavy atom. The summed E-state index contributed by atoms with van der Waals surface area (Å²) in [6.45, 7) is 2.89. The summed E-state index contributed by atoms with van der Waals surface area (Å²) >= 11 is 0. The lowest BCUT2D eigenvalue weighted by atomic mass is 10.2. The fraction of sp³-hybridized carbons (Fsp3) is 0.350. The van der Waals surface area contributed by atoms with Crippen LogP contribution in [0.15, 0.2) is 47.4 Å². The van der Waals surface area contributed by atoms with Crippen LogP contribution in [-0.4, -0.2) is 58.6 Å². The zero-order chi connectivity index (χ0) is 21.0. The van der Waals surface area contributed by atoms with Crippen molar-refractivity contribution in [3.8, 4) is 5.75 Å². The third-order valence-corrected chi connectivity index (χ3v) is 6.59. The first-order chi connectivity index (χ1) is 13.8. The van der Waals surface area contributed by atoms with Crippen molar-refractivity contribution in [2.45, 2.75) is 11.8 Å². The van der Waals surface area contributed by atoms with Crippen molar-refractivity contribution in [2.75, 3.05) is 44.9 Å². The predicted octanol–water partition coefficient (Wildman–Crippen LogP) is 2.20. The van der Waals surface area contributed by atoms with Gasteiger partial charge in [0.2, 0.25) is 10.0 Å². The van der Waals surface area contributed by atoms with Crippen LogP contribution in [0.2, 0.25) is 0 Å². The van der Waals surface area contributed by atoms with E-state index in [4.69, 9.17) is 9.47 Å². The highest BCUT2D eigenvalue weighted by Gasteiger charge is 2.26. The number of nitrogens with zero attached hydrogens (tertiary/aromatic N) is 2. The second-order valence-electron chi connectivity index (χ2n) is 6.66. The maximum absolute atomic E-state index is 13.0. The number of hydrogen-bond donors (Lipinski definition) is 0. The molecule has 29 heavy (non-hydrogen) atoms. The van der Waals surface area contributed by atoms with E-state index in [1.54, 1.807) is 20.0 Å². The molecule has 7 nitrogen and oxygen atoms in total. The smallest absolute Gasteiger partial charge is 0.264 e. The van der Waals surface area contributed by atoms with Crippen LogP contribution in [0.25, 0.3) is 0 Å². The number of carbonyl (C=O) groups is 1.